The van der Waals surface area contributed by atoms with Gasteiger partial charge in [0, 0.05) is 24.0 Å². The first kappa shape index (κ1) is 15.4. The SMILES string of the molecule is Cc1ccc2cccc(N(C)C(=O)C3CC=CCC3C=O)c2n1. The molecule has 0 radical (unpaired) electrons. The minimum atomic E-state index is -0.289. The second kappa shape index (κ2) is 6.32. The predicted molar refractivity (Wildman–Crippen MR) is 91.3 cm³/mol. The summed E-state index contributed by atoms with van der Waals surface area (Å²) in [4.78, 5) is 30.4. The summed E-state index contributed by atoms with van der Waals surface area (Å²) in [6.07, 6.45) is 6.13. The molecule has 0 fully saturated rings. The zero-order valence-corrected chi connectivity index (χ0v) is 13.4. The first-order valence-electron chi connectivity index (χ1n) is 7.86. The van der Waals surface area contributed by atoms with Gasteiger partial charge in [0.05, 0.1) is 17.1 Å². The van der Waals surface area contributed by atoms with Gasteiger partial charge in [-0.3, -0.25) is 9.78 Å². The molecule has 0 N–H and O–H groups in total. The number of para-hydroxylation sites is 1. The molecule has 1 heterocycles. The van der Waals surface area contributed by atoms with Crippen molar-refractivity contribution in [3.8, 4) is 0 Å². The Morgan fingerprint density at radius 3 is 2.78 bits per heavy atom. The van der Waals surface area contributed by atoms with Gasteiger partial charge in [0.2, 0.25) is 5.91 Å². The Bertz CT molecular complexity index is 782. The van der Waals surface area contributed by atoms with E-state index in [-0.39, 0.29) is 17.7 Å². The van der Waals surface area contributed by atoms with Crippen LogP contribution in [0, 0.1) is 18.8 Å². The summed E-state index contributed by atoms with van der Waals surface area (Å²) in [5, 5.41) is 1.00. The Labute approximate surface area is 135 Å². The number of hydrogen-bond acceptors (Lipinski definition) is 3. The molecule has 0 aliphatic heterocycles. The normalized spacial score (nSPS) is 20.4. The molecule has 4 nitrogen and oxygen atoms in total. The van der Waals surface area contributed by atoms with Gasteiger partial charge < -0.3 is 9.69 Å². The molecular weight excluding hydrogens is 288 g/mol. The molecule has 2 unspecified atom stereocenters. The quantitative estimate of drug-likeness (QED) is 0.646. The maximum atomic E-state index is 12.9. The maximum absolute atomic E-state index is 12.9. The number of pyridine rings is 1. The van der Waals surface area contributed by atoms with Crippen LogP contribution in [0.15, 0.2) is 42.5 Å². The fraction of sp³-hybridized carbons (Fsp3) is 0.316. The van der Waals surface area contributed by atoms with Crippen LogP contribution in [0.5, 0.6) is 0 Å². The fourth-order valence-electron chi connectivity index (χ4n) is 3.14. The number of nitrogens with zero attached hydrogens (tertiary/aromatic N) is 2. The number of amides is 1. The second-order valence-electron chi connectivity index (χ2n) is 6.05. The van der Waals surface area contributed by atoms with Gasteiger partial charge in [0.15, 0.2) is 0 Å². The van der Waals surface area contributed by atoms with Crippen LogP contribution in [0.1, 0.15) is 18.5 Å². The van der Waals surface area contributed by atoms with Gasteiger partial charge in [-0.15, -0.1) is 0 Å². The average molecular weight is 308 g/mol. The highest BCUT2D eigenvalue weighted by Gasteiger charge is 2.31. The number of aryl methyl sites for hydroxylation is 1. The van der Waals surface area contributed by atoms with Crippen molar-refractivity contribution in [3.63, 3.8) is 0 Å². The van der Waals surface area contributed by atoms with Crippen molar-refractivity contribution in [1.82, 2.24) is 4.98 Å². The zero-order valence-electron chi connectivity index (χ0n) is 13.4. The summed E-state index contributed by atoms with van der Waals surface area (Å²) >= 11 is 0. The summed E-state index contributed by atoms with van der Waals surface area (Å²) in [7, 11) is 1.77. The van der Waals surface area contributed by atoms with Crippen LogP contribution in [-0.4, -0.2) is 24.2 Å². The molecule has 0 saturated heterocycles. The molecule has 0 bridgehead atoms. The van der Waals surface area contributed by atoms with E-state index in [1.807, 2.05) is 49.4 Å². The van der Waals surface area contributed by atoms with E-state index in [9.17, 15) is 9.59 Å². The van der Waals surface area contributed by atoms with Gasteiger partial charge in [-0.2, -0.15) is 0 Å². The monoisotopic (exact) mass is 308 g/mol. The van der Waals surface area contributed by atoms with Crippen LogP contribution in [0.4, 0.5) is 5.69 Å². The van der Waals surface area contributed by atoms with E-state index in [0.717, 1.165) is 28.6 Å². The van der Waals surface area contributed by atoms with Gasteiger partial charge >= 0.3 is 0 Å². The highest BCUT2D eigenvalue weighted by Crippen LogP contribution is 2.30. The molecule has 1 aromatic carbocycles. The predicted octanol–water partition coefficient (Wildman–Crippen LogP) is 3.29. The van der Waals surface area contributed by atoms with Gasteiger partial charge in [-0.05, 0) is 31.9 Å². The molecule has 118 valence electrons. The molecule has 1 amide bonds. The molecule has 3 rings (SSSR count). The summed E-state index contributed by atoms with van der Waals surface area (Å²) < 4.78 is 0. The summed E-state index contributed by atoms with van der Waals surface area (Å²) in [6, 6.07) is 9.79. The standard InChI is InChI=1S/C19H20N2O2/c1-13-10-11-14-7-5-9-17(18(14)20-13)21(2)19(23)16-8-4-3-6-15(16)12-22/h3-5,7,9-12,15-16H,6,8H2,1-2H3. The molecule has 2 aromatic rings. The second-order valence-corrected chi connectivity index (χ2v) is 6.05. The van der Waals surface area contributed by atoms with E-state index in [1.54, 1.807) is 11.9 Å². The highest BCUT2D eigenvalue weighted by atomic mass is 16.2. The number of aromatic nitrogens is 1. The number of fused-ring (bicyclic) bond motifs is 1. The number of benzene rings is 1. The third-order valence-electron chi connectivity index (χ3n) is 4.50. The van der Waals surface area contributed by atoms with Crippen LogP contribution >= 0.6 is 0 Å². The smallest absolute Gasteiger partial charge is 0.230 e. The Morgan fingerprint density at radius 2 is 2.00 bits per heavy atom. The van der Waals surface area contributed by atoms with Crippen molar-refractivity contribution in [2.24, 2.45) is 11.8 Å². The third-order valence-corrected chi connectivity index (χ3v) is 4.50. The lowest BCUT2D eigenvalue weighted by atomic mass is 9.83. The Morgan fingerprint density at radius 1 is 1.22 bits per heavy atom. The number of aldehydes is 1. The van der Waals surface area contributed by atoms with Gasteiger partial charge in [-0.1, -0.05) is 30.4 Å². The molecule has 2 atom stereocenters. The molecule has 1 aliphatic rings. The van der Waals surface area contributed by atoms with Gasteiger partial charge in [0.1, 0.15) is 6.29 Å². The Balaban J connectivity index is 1.98. The number of rotatable bonds is 3. The van der Waals surface area contributed by atoms with Crippen molar-refractivity contribution in [2.45, 2.75) is 19.8 Å². The van der Waals surface area contributed by atoms with E-state index in [2.05, 4.69) is 4.98 Å². The number of carbonyl (C=O) groups is 2. The minimum Gasteiger partial charge on any atom is -0.313 e. The third kappa shape index (κ3) is 2.89. The van der Waals surface area contributed by atoms with Crippen molar-refractivity contribution in [1.29, 1.82) is 0 Å². The molecule has 0 spiro atoms. The number of anilines is 1. The van der Waals surface area contributed by atoms with Gasteiger partial charge in [-0.25, -0.2) is 0 Å². The number of carbonyl (C=O) groups excluding carboxylic acids is 2. The van der Waals surface area contributed by atoms with Crippen molar-refractivity contribution < 1.29 is 9.59 Å². The zero-order chi connectivity index (χ0) is 16.4. The van der Waals surface area contributed by atoms with E-state index in [1.165, 1.54) is 0 Å². The number of hydrogen-bond donors (Lipinski definition) is 0. The van der Waals surface area contributed by atoms with Crippen LogP contribution < -0.4 is 4.90 Å². The van der Waals surface area contributed by atoms with Gasteiger partial charge in [0.25, 0.3) is 0 Å². The number of allylic oxidation sites excluding steroid dienone is 2. The van der Waals surface area contributed by atoms with E-state index >= 15 is 0 Å². The Hall–Kier alpha value is -2.49. The van der Waals surface area contributed by atoms with Crippen molar-refractivity contribution in [2.75, 3.05) is 11.9 Å². The van der Waals surface area contributed by atoms with Crippen molar-refractivity contribution in [3.05, 3.63) is 48.2 Å². The van der Waals surface area contributed by atoms with E-state index < -0.39 is 0 Å². The molecular formula is C19H20N2O2. The van der Waals surface area contributed by atoms with Crippen molar-refractivity contribution >= 4 is 28.8 Å². The lowest BCUT2D eigenvalue weighted by molar-refractivity contribution is -0.127. The lowest BCUT2D eigenvalue weighted by Gasteiger charge is -2.28. The largest absolute Gasteiger partial charge is 0.313 e. The fourth-order valence-corrected chi connectivity index (χ4v) is 3.14. The maximum Gasteiger partial charge on any atom is 0.230 e. The van der Waals surface area contributed by atoms with Crippen LogP contribution in [0.25, 0.3) is 10.9 Å². The van der Waals surface area contributed by atoms with E-state index in [4.69, 9.17) is 0 Å². The topological polar surface area (TPSA) is 50.3 Å². The van der Waals surface area contributed by atoms with E-state index in [0.29, 0.717) is 12.8 Å². The highest BCUT2D eigenvalue weighted by molar-refractivity contribution is 6.03. The van der Waals surface area contributed by atoms with Crippen LogP contribution in [-0.2, 0) is 9.59 Å². The molecule has 1 aliphatic carbocycles. The Kier molecular flexibility index (Phi) is 4.24. The average Bonchev–Trinajstić information content (AvgIpc) is 2.59. The molecule has 1 aromatic heterocycles. The molecule has 23 heavy (non-hydrogen) atoms. The summed E-state index contributed by atoms with van der Waals surface area (Å²) in [6.45, 7) is 1.94. The summed E-state index contributed by atoms with van der Waals surface area (Å²) in [5.74, 6) is -0.551. The lowest BCUT2D eigenvalue weighted by Crippen LogP contribution is -2.38. The molecule has 0 saturated carbocycles. The minimum absolute atomic E-state index is 0.0257. The van der Waals surface area contributed by atoms with Crippen LogP contribution in [0.3, 0.4) is 0 Å². The molecule has 4 heteroatoms. The first-order valence-corrected chi connectivity index (χ1v) is 7.86. The first-order chi connectivity index (χ1) is 11.1. The summed E-state index contributed by atoms with van der Waals surface area (Å²) in [5.41, 5.74) is 2.52. The van der Waals surface area contributed by atoms with Crippen LogP contribution in [0.2, 0.25) is 0 Å².